The molecule has 0 aromatic rings. The van der Waals surface area contributed by atoms with Crippen LogP contribution in [0.15, 0.2) is 11.6 Å². The number of carboxylic acids is 1. The van der Waals surface area contributed by atoms with Gasteiger partial charge >= 0.3 is 5.97 Å². The van der Waals surface area contributed by atoms with E-state index in [0.29, 0.717) is 11.8 Å². The summed E-state index contributed by atoms with van der Waals surface area (Å²) in [6.07, 6.45) is 6.18. The third-order valence-electron chi connectivity index (χ3n) is 15.5. The molecule has 13 atom stereocenters. The van der Waals surface area contributed by atoms with E-state index in [1.165, 1.54) is 5.57 Å². The molecule has 1 saturated heterocycles. The van der Waals surface area contributed by atoms with Gasteiger partial charge in [0.25, 0.3) is 0 Å². The summed E-state index contributed by atoms with van der Waals surface area (Å²) in [5.74, 6) is 0.252. The number of aliphatic hydroxyl groups excluding tert-OH is 4. The van der Waals surface area contributed by atoms with E-state index < -0.39 is 41.9 Å². The molecule has 6 rings (SSSR count). The van der Waals surface area contributed by atoms with Crippen molar-refractivity contribution in [3.63, 3.8) is 0 Å². The average Bonchev–Trinajstić information content (AvgIpc) is 2.91. The second kappa shape index (κ2) is 10.0. The lowest BCUT2D eigenvalue weighted by atomic mass is 9.33. The molecule has 244 valence electrons. The fourth-order valence-corrected chi connectivity index (χ4v) is 12.6. The summed E-state index contributed by atoms with van der Waals surface area (Å²) in [6, 6.07) is 0. The Hall–Kier alpha value is -0.990. The normalized spacial score (nSPS) is 52.9. The summed E-state index contributed by atoms with van der Waals surface area (Å²) < 4.78 is 5.74. The van der Waals surface area contributed by atoms with Crippen LogP contribution >= 0.6 is 0 Å². The van der Waals surface area contributed by atoms with Crippen LogP contribution in [0, 0.1) is 56.2 Å². The number of rotatable bonds is 3. The van der Waals surface area contributed by atoms with Crippen molar-refractivity contribution in [3.05, 3.63) is 11.6 Å². The van der Waals surface area contributed by atoms with Gasteiger partial charge in [0.05, 0.1) is 18.1 Å². The topological polar surface area (TPSA) is 127 Å². The van der Waals surface area contributed by atoms with E-state index in [0.717, 1.165) is 64.2 Å². The van der Waals surface area contributed by atoms with Gasteiger partial charge in [0, 0.05) is 0 Å². The predicted molar refractivity (Wildman–Crippen MR) is 164 cm³/mol. The summed E-state index contributed by atoms with van der Waals surface area (Å²) in [6.45, 7) is 16.6. The molecule has 6 aliphatic rings. The molecule has 5 aliphatic carbocycles. The quantitative estimate of drug-likeness (QED) is 0.276. The molecule has 0 aromatic heterocycles. The first-order valence-electron chi connectivity index (χ1n) is 17.1. The van der Waals surface area contributed by atoms with Crippen molar-refractivity contribution in [2.45, 2.75) is 143 Å². The summed E-state index contributed by atoms with van der Waals surface area (Å²) >= 11 is 0. The molecule has 7 nitrogen and oxygen atoms in total. The summed E-state index contributed by atoms with van der Waals surface area (Å²) in [5.41, 5.74) is 0.848. The van der Waals surface area contributed by atoms with Crippen LogP contribution in [0.2, 0.25) is 0 Å². The lowest BCUT2D eigenvalue weighted by Crippen LogP contribution is -2.66. The number of aliphatic carboxylic acids is 1. The molecule has 4 unspecified atom stereocenters. The molecule has 1 heterocycles. The first-order valence-corrected chi connectivity index (χ1v) is 17.1. The van der Waals surface area contributed by atoms with Crippen LogP contribution in [0.1, 0.15) is 113 Å². The van der Waals surface area contributed by atoms with Crippen LogP contribution in [0.5, 0.6) is 0 Å². The molecule has 0 spiro atoms. The van der Waals surface area contributed by atoms with E-state index >= 15 is 0 Å². The van der Waals surface area contributed by atoms with E-state index in [9.17, 15) is 30.3 Å². The second-order valence-electron chi connectivity index (χ2n) is 18.0. The number of carbonyl (C=O) groups is 1. The number of hydrogen-bond acceptors (Lipinski definition) is 6. The highest BCUT2D eigenvalue weighted by molar-refractivity contribution is 5.76. The Morgan fingerprint density at radius 1 is 0.884 bits per heavy atom. The van der Waals surface area contributed by atoms with Crippen LogP contribution < -0.4 is 0 Å². The van der Waals surface area contributed by atoms with Gasteiger partial charge in [-0.1, -0.05) is 60.1 Å². The molecule has 43 heavy (non-hydrogen) atoms. The summed E-state index contributed by atoms with van der Waals surface area (Å²) in [7, 11) is 0. The molecule has 7 heteroatoms. The molecule has 4 saturated carbocycles. The van der Waals surface area contributed by atoms with E-state index in [1.54, 1.807) is 0 Å². The van der Waals surface area contributed by atoms with Gasteiger partial charge in [-0.2, -0.15) is 0 Å². The van der Waals surface area contributed by atoms with Gasteiger partial charge in [0.1, 0.15) is 24.4 Å². The zero-order valence-electron chi connectivity index (χ0n) is 27.6. The van der Waals surface area contributed by atoms with Crippen molar-refractivity contribution < 1.29 is 35.1 Å². The Morgan fingerprint density at radius 2 is 1.56 bits per heavy atom. The molecule has 0 bridgehead atoms. The van der Waals surface area contributed by atoms with Crippen molar-refractivity contribution in [1.29, 1.82) is 0 Å². The minimum absolute atomic E-state index is 0.0293. The van der Waals surface area contributed by atoms with Crippen molar-refractivity contribution in [2.24, 2.45) is 56.2 Å². The number of hydrogen-bond donors (Lipinski definition) is 5. The standard InChI is InChI=1S/C36H58O7/c1-31(2)14-16-36(30(41)42)17-15-34(6)20(22(36)18-31)8-9-25-33(5)12-10-21(32(3,4)24(33)11-13-35(25,34)7)26(38)29-28(40)27(39)23(37)19-43-29/h8,21-29,37-40H,9-19H2,1-7H3,(H,41,42)/t21-,22?,23-,24?,25?,26+,27+,28?,29+,33+,34-,35-,36+/m1/s1. The highest BCUT2D eigenvalue weighted by atomic mass is 16.5. The van der Waals surface area contributed by atoms with Gasteiger partial charge in [-0.05, 0) is 115 Å². The first kappa shape index (κ1) is 32.0. The fraction of sp³-hybridized carbons (Fsp3) is 0.917. The van der Waals surface area contributed by atoms with Crippen LogP contribution in [0.25, 0.3) is 0 Å². The van der Waals surface area contributed by atoms with Gasteiger partial charge in [-0.3, -0.25) is 4.79 Å². The van der Waals surface area contributed by atoms with Crippen molar-refractivity contribution >= 4 is 5.97 Å². The Balaban J connectivity index is 1.32. The molecule has 5 fully saturated rings. The zero-order valence-corrected chi connectivity index (χ0v) is 27.6. The molecule has 5 N–H and O–H groups in total. The summed E-state index contributed by atoms with van der Waals surface area (Å²) in [4.78, 5) is 12.9. The van der Waals surface area contributed by atoms with Gasteiger partial charge in [0.15, 0.2) is 0 Å². The highest BCUT2D eigenvalue weighted by Gasteiger charge is 2.69. The van der Waals surface area contributed by atoms with E-state index in [4.69, 9.17) is 4.74 Å². The van der Waals surface area contributed by atoms with Crippen molar-refractivity contribution in [3.8, 4) is 0 Å². The minimum atomic E-state index is -1.33. The molecule has 0 amide bonds. The van der Waals surface area contributed by atoms with E-state index in [1.807, 2.05) is 0 Å². The molecular formula is C36H58O7. The Bertz CT molecular complexity index is 1160. The lowest BCUT2D eigenvalue weighted by molar-refractivity contribution is -0.242. The highest BCUT2D eigenvalue weighted by Crippen LogP contribution is 2.76. The van der Waals surface area contributed by atoms with Crippen molar-refractivity contribution in [2.75, 3.05) is 6.61 Å². The Labute approximate surface area is 258 Å². The monoisotopic (exact) mass is 602 g/mol. The zero-order chi connectivity index (χ0) is 31.5. The van der Waals surface area contributed by atoms with Crippen LogP contribution in [-0.4, -0.2) is 68.6 Å². The third kappa shape index (κ3) is 4.26. The molecule has 1 aliphatic heterocycles. The molecule has 0 radical (unpaired) electrons. The van der Waals surface area contributed by atoms with Gasteiger partial charge < -0.3 is 30.3 Å². The van der Waals surface area contributed by atoms with Gasteiger partial charge in [-0.25, -0.2) is 0 Å². The van der Waals surface area contributed by atoms with Gasteiger partial charge in [-0.15, -0.1) is 0 Å². The number of allylic oxidation sites excluding steroid dienone is 2. The maximum atomic E-state index is 12.9. The van der Waals surface area contributed by atoms with Gasteiger partial charge in [0.2, 0.25) is 0 Å². The van der Waals surface area contributed by atoms with E-state index in [-0.39, 0.29) is 45.5 Å². The minimum Gasteiger partial charge on any atom is -0.481 e. The second-order valence-corrected chi connectivity index (χ2v) is 18.0. The Kier molecular flexibility index (Phi) is 7.44. The number of fused-ring (bicyclic) bond motifs is 7. The predicted octanol–water partition coefficient (Wildman–Crippen LogP) is 5.33. The average molecular weight is 603 g/mol. The lowest BCUT2D eigenvalue weighted by Gasteiger charge is -2.71. The SMILES string of the molecule is CC1(C)CC[C@]2(C(=O)O)CC[C@]3(C)C(=CCC4[C@@]5(C)CC[C@H]([C@H](O)[C@@H]6OC[C@@H](O)[C@H](O)C6O)C(C)(C)C5CC[C@]43C)C2C1. The van der Waals surface area contributed by atoms with Crippen molar-refractivity contribution in [1.82, 2.24) is 0 Å². The number of ether oxygens (including phenoxy) is 1. The van der Waals surface area contributed by atoms with Crippen LogP contribution in [0.4, 0.5) is 0 Å². The fourth-order valence-electron chi connectivity index (χ4n) is 12.6. The number of aliphatic hydroxyl groups is 4. The molecule has 0 aromatic carbocycles. The van der Waals surface area contributed by atoms with E-state index in [2.05, 4.69) is 54.5 Å². The Morgan fingerprint density at radius 3 is 2.23 bits per heavy atom. The maximum Gasteiger partial charge on any atom is 0.310 e. The van der Waals surface area contributed by atoms with Crippen LogP contribution in [-0.2, 0) is 9.53 Å². The summed E-state index contributed by atoms with van der Waals surface area (Å²) in [5, 5.41) is 53.3. The van der Waals surface area contributed by atoms with Crippen LogP contribution in [0.3, 0.4) is 0 Å². The number of carboxylic acid groups (broad SMARTS) is 1. The smallest absolute Gasteiger partial charge is 0.310 e. The largest absolute Gasteiger partial charge is 0.481 e. The first-order chi connectivity index (χ1) is 19.9. The maximum absolute atomic E-state index is 12.9. The third-order valence-corrected chi connectivity index (χ3v) is 15.5. The molecular weight excluding hydrogens is 544 g/mol.